The number of allylic oxidation sites excluding steroid dienone is 1. The fourth-order valence-corrected chi connectivity index (χ4v) is 3.80. The third-order valence-corrected chi connectivity index (χ3v) is 5.37. The molecule has 2 aromatic heterocycles. The first-order valence-electron chi connectivity index (χ1n) is 7.52. The van der Waals surface area contributed by atoms with Crippen LogP contribution in [-0.4, -0.2) is 17.1 Å². The summed E-state index contributed by atoms with van der Waals surface area (Å²) in [5, 5.41) is 15.8. The zero-order valence-corrected chi connectivity index (χ0v) is 15.7. The van der Waals surface area contributed by atoms with E-state index in [0.717, 1.165) is 32.7 Å². The van der Waals surface area contributed by atoms with Gasteiger partial charge in [0.05, 0.1) is 12.8 Å². The van der Waals surface area contributed by atoms with E-state index in [2.05, 4.69) is 21.4 Å². The molecule has 0 saturated carbocycles. The molecule has 126 valence electrons. The molecule has 0 saturated heterocycles. The first kappa shape index (κ1) is 17.1. The van der Waals surface area contributed by atoms with Crippen molar-refractivity contribution in [1.29, 1.82) is 5.26 Å². The van der Waals surface area contributed by atoms with E-state index in [4.69, 9.17) is 4.74 Å². The number of nitrogens with one attached hydrogen (secondary N) is 1. The molecule has 0 aliphatic rings. The Labute approximate surface area is 154 Å². The van der Waals surface area contributed by atoms with Crippen molar-refractivity contribution in [3.05, 3.63) is 51.4 Å². The number of nitrogens with zero attached hydrogens (tertiary/aromatic N) is 3. The number of nitriles is 1. The Balaban J connectivity index is 1.82. The van der Waals surface area contributed by atoms with Gasteiger partial charge in [-0.3, -0.25) is 0 Å². The van der Waals surface area contributed by atoms with E-state index in [1.165, 1.54) is 11.3 Å². The van der Waals surface area contributed by atoms with Gasteiger partial charge in [0.1, 0.15) is 22.4 Å². The second-order valence-electron chi connectivity index (χ2n) is 5.26. The van der Waals surface area contributed by atoms with Gasteiger partial charge in [-0.25, -0.2) is 9.97 Å². The quantitative estimate of drug-likeness (QED) is 0.651. The maximum atomic E-state index is 9.33. The molecule has 0 bridgehead atoms. The van der Waals surface area contributed by atoms with Crippen LogP contribution >= 0.6 is 22.7 Å². The predicted molar refractivity (Wildman–Crippen MR) is 103 cm³/mol. The molecule has 0 aliphatic carbocycles. The SMILES string of the molecule is COc1ccc(-c2nc(N/C=C(\C#N)c3nc(C)cs3)sc2C)cc1. The molecule has 0 aliphatic heterocycles. The van der Waals surface area contributed by atoms with E-state index < -0.39 is 0 Å². The van der Waals surface area contributed by atoms with Crippen molar-refractivity contribution in [2.24, 2.45) is 0 Å². The molecular formula is C18H16N4OS2. The lowest BCUT2D eigenvalue weighted by Crippen LogP contribution is -1.91. The van der Waals surface area contributed by atoms with E-state index in [9.17, 15) is 5.26 Å². The third-order valence-electron chi connectivity index (χ3n) is 3.47. The van der Waals surface area contributed by atoms with Gasteiger partial charge >= 0.3 is 0 Å². The van der Waals surface area contributed by atoms with Gasteiger partial charge in [0, 0.05) is 27.7 Å². The van der Waals surface area contributed by atoms with Crippen LogP contribution in [0.2, 0.25) is 0 Å². The first-order chi connectivity index (χ1) is 12.1. The number of aryl methyl sites for hydroxylation is 2. The molecule has 2 heterocycles. The number of methoxy groups -OCH3 is 1. The molecule has 0 amide bonds. The van der Waals surface area contributed by atoms with Gasteiger partial charge in [-0.15, -0.1) is 22.7 Å². The Morgan fingerprint density at radius 2 is 2.00 bits per heavy atom. The molecule has 5 nitrogen and oxygen atoms in total. The lowest BCUT2D eigenvalue weighted by Gasteiger charge is -2.01. The van der Waals surface area contributed by atoms with Crippen LogP contribution in [0.15, 0.2) is 35.8 Å². The van der Waals surface area contributed by atoms with E-state index in [0.29, 0.717) is 10.6 Å². The maximum absolute atomic E-state index is 9.33. The maximum Gasteiger partial charge on any atom is 0.187 e. The highest BCUT2D eigenvalue weighted by atomic mass is 32.1. The van der Waals surface area contributed by atoms with Crippen LogP contribution < -0.4 is 10.1 Å². The highest BCUT2D eigenvalue weighted by Gasteiger charge is 2.10. The summed E-state index contributed by atoms with van der Waals surface area (Å²) in [4.78, 5) is 10.1. The minimum absolute atomic E-state index is 0.497. The van der Waals surface area contributed by atoms with Gasteiger partial charge in [0.2, 0.25) is 0 Å². The summed E-state index contributed by atoms with van der Waals surface area (Å²) in [6, 6.07) is 9.98. The summed E-state index contributed by atoms with van der Waals surface area (Å²) in [5.74, 6) is 0.815. The van der Waals surface area contributed by atoms with Crippen LogP contribution in [0, 0.1) is 25.2 Å². The number of thiazole rings is 2. The summed E-state index contributed by atoms with van der Waals surface area (Å²) in [6.45, 7) is 3.94. The molecule has 1 N–H and O–H groups in total. The van der Waals surface area contributed by atoms with Crippen molar-refractivity contribution in [3.63, 3.8) is 0 Å². The van der Waals surface area contributed by atoms with E-state index >= 15 is 0 Å². The molecule has 0 radical (unpaired) electrons. The number of benzene rings is 1. The lowest BCUT2D eigenvalue weighted by atomic mass is 10.1. The van der Waals surface area contributed by atoms with Crippen molar-refractivity contribution in [1.82, 2.24) is 9.97 Å². The van der Waals surface area contributed by atoms with Crippen LogP contribution in [0.4, 0.5) is 5.13 Å². The Kier molecular flexibility index (Phi) is 5.12. The molecule has 0 fully saturated rings. The monoisotopic (exact) mass is 368 g/mol. The third kappa shape index (κ3) is 3.87. The van der Waals surface area contributed by atoms with Crippen molar-refractivity contribution in [2.75, 3.05) is 12.4 Å². The van der Waals surface area contributed by atoms with Gasteiger partial charge < -0.3 is 10.1 Å². The first-order valence-corrected chi connectivity index (χ1v) is 9.21. The normalized spacial score (nSPS) is 11.2. The number of hydrogen-bond acceptors (Lipinski definition) is 7. The standard InChI is InChI=1S/C18H16N4OS2/c1-11-10-24-17(21-11)14(8-19)9-20-18-22-16(12(2)25-18)13-4-6-15(23-3)7-5-13/h4-7,9-10H,1-3H3,(H,20,22)/b14-9+. The number of hydrogen-bond donors (Lipinski definition) is 1. The number of aromatic nitrogens is 2. The lowest BCUT2D eigenvalue weighted by molar-refractivity contribution is 0.415. The zero-order valence-electron chi connectivity index (χ0n) is 14.0. The van der Waals surface area contributed by atoms with Gasteiger partial charge in [-0.05, 0) is 38.1 Å². The second kappa shape index (κ2) is 7.47. The Morgan fingerprint density at radius 1 is 1.24 bits per heavy atom. The van der Waals surface area contributed by atoms with Crippen molar-refractivity contribution in [3.8, 4) is 23.1 Å². The van der Waals surface area contributed by atoms with Crippen LogP contribution in [0.3, 0.4) is 0 Å². The topological polar surface area (TPSA) is 70.8 Å². The van der Waals surface area contributed by atoms with Gasteiger partial charge in [0.15, 0.2) is 5.13 Å². The van der Waals surface area contributed by atoms with Gasteiger partial charge in [-0.1, -0.05) is 0 Å². The minimum atomic E-state index is 0.497. The molecule has 25 heavy (non-hydrogen) atoms. The van der Waals surface area contributed by atoms with Gasteiger partial charge in [-0.2, -0.15) is 5.26 Å². The predicted octanol–water partition coefficient (Wildman–Crippen LogP) is 4.87. The van der Waals surface area contributed by atoms with Crippen molar-refractivity contribution in [2.45, 2.75) is 13.8 Å². The fraction of sp³-hybridized carbons (Fsp3) is 0.167. The molecule has 3 rings (SSSR count). The number of ether oxygens (including phenoxy) is 1. The Bertz CT molecular complexity index is 948. The largest absolute Gasteiger partial charge is 0.497 e. The van der Waals surface area contributed by atoms with Crippen LogP contribution in [-0.2, 0) is 0 Å². The van der Waals surface area contributed by atoms with E-state index in [1.807, 2.05) is 43.5 Å². The van der Waals surface area contributed by atoms with Crippen LogP contribution in [0.5, 0.6) is 5.75 Å². The average Bonchev–Trinajstić information content (AvgIpc) is 3.21. The highest BCUT2D eigenvalue weighted by molar-refractivity contribution is 7.16. The molecule has 0 spiro atoms. The molecule has 0 unspecified atom stereocenters. The smallest absolute Gasteiger partial charge is 0.187 e. The summed E-state index contributed by atoms with van der Waals surface area (Å²) >= 11 is 3.00. The highest BCUT2D eigenvalue weighted by Crippen LogP contribution is 2.31. The molecule has 3 aromatic rings. The van der Waals surface area contributed by atoms with E-state index in [1.54, 1.807) is 24.6 Å². The molecule has 7 heteroatoms. The Hall–Kier alpha value is -2.69. The van der Waals surface area contributed by atoms with Gasteiger partial charge in [0.25, 0.3) is 0 Å². The number of rotatable bonds is 5. The number of anilines is 1. The molecular weight excluding hydrogens is 352 g/mol. The van der Waals surface area contributed by atoms with Crippen molar-refractivity contribution >= 4 is 33.4 Å². The summed E-state index contributed by atoms with van der Waals surface area (Å²) in [6.07, 6.45) is 1.66. The molecule has 0 atom stereocenters. The second-order valence-corrected chi connectivity index (χ2v) is 7.32. The van der Waals surface area contributed by atoms with Crippen molar-refractivity contribution < 1.29 is 4.74 Å². The van der Waals surface area contributed by atoms with Crippen LogP contribution in [0.1, 0.15) is 15.6 Å². The van der Waals surface area contributed by atoms with Crippen LogP contribution in [0.25, 0.3) is 16.8 Å². The summed E-state index contributed by atoms with van der Waals surface area (Å²) in [5.41, 5.74) is 3.36. The van der Waals surface area contributed by atoms with E-state index in [-0.39, 0.29) is 0 Å². The zero-order chi connectivity index (χ0) is 17.8. The Morgan fingerprint density at radius 3 is 2.60 bits per heavy atom. The average molecular weight is 368 g/mol. The fourth-order valence-electron chi connectivity index (χ4n) is 2.23. The molecule has 1 aromatic carbocycles. The minimum Gasteiger partial charge on any atom is -0.497 e. The summed E-state index contributed by atoms with van der Waals surface area (Å²) < 4.78 is 5.19. The summed E-state index contributed by atoms with van der Waals surface area (Å²) in [7, 11) is 1.65.